The van der Waals surface area contributed by atoms with Crippen LogP contribution in [0.25, 0.3) is 10.9 Å². The third-order valence-corrected chi connectivity index (χ3v) is 6.27. The number of amides is 2. The van der Waals surface area contributed by atoms with Gasteiger partial charge in [-0.15, -0.1) is 0 Å². The number of imide groups is 1. The van der Waals surface area contributed by atoms with Crippen LogP contribution in [0.4, 0.5) is 0 Å². The molecule has 6 nitrogen and oxygen atoms in total. The van der Waals surface area contributed by atoms with Gasteiger partial charge in [-0.25, -0.2) is 9.78 Å². The van der Waals surface area contributed by atoms with Gasteiger partial charge < -0.3 is 4.74 Å². The summed E-state index contributed by atoms with van der Waals surface area (Å²) in [4.78, 5) is 44.5. The molecule has 1 saturated heterocycles. The van der Waals surface area contributed by atoms with Crippen LogP contribution in [0.3, 0.4) is 0 Å². The van der Waals surface area contributed by atoms with Crippen molar-refractivity contribution in [3.05, 3.63) is 53.2 Å². The van der Waals surface area contributed by atoms with Crippen LogP contribution in [-0.4, -0.2) is 33.7 Å². The molecular weight excluding hydrogens is 416 g/mol. The van der Waals surface area contributed by atoms with Gasteiger partial charge in [-0.3, -0.25) is 14.5 Å². The summed E-state index contributed by atoms with van der Waals surface area (Å²) >= 11 is 6.28. The lowest BCUT2D eigenvalue weighted by Gasteiger charge is -2.26. The molecule has 4 rings (SSSR count). The molecular formula is C24H25ClN2O4. The molecule has 2 aliphatic rings. The van der Waals surface area contributed by atoms with E-state index in [-0.39, 0.29) is 41.3 Å². The molecule has 31 heavy (non-hydrogen) atoms. The van der Waals surface area contributed by atoms with Crippen molar-refractivity contribution in [2.24, 2.45) is 17.8 Å². The van der Waals surface area contributed by atoms with Gasteiger partial charge in [-0.2, -0.15) is 0 Å². The largest absolute Gasteiger partial charge is 0.459 e. The van der Waals surface area contributed by atoms with E-state index < -0.39 is 12.0 Å². The highest BCUT2D eigenvalue weighted by Gasteiger charge is 2.51. The van der Waals surface area contributed by atoms with Gasteiger partial charge in [0, 0.05) is 10.9 Å². The van der Waals surface area contributed by atoms with E-state index in [1.54, 1.807) is 0 Å². The number of pyridine rings is 1. The lowest BCUT2D eigenvalue weighted by atomic mass is 9.85. The van der Waals surface area contributed by atoms with Gasteiger partial charge in [-0.1, -0.05) is 55.8 Å². The maximum atomic E-state index is 13.1. The molecule has 2 amide bonds. The standard InChI is InChI=1S/C24H25ClN2O4/c1-14(2)11-20(27-22(28)17-8-4-5-9-18(17)23(27)29)24(30)31-13-16-12-15-7-3-6-10-19(15)26-21(16)25/h3-7,10,12,14,17-18,20H,8-9,11,13H2,1-2H3. The zero-order valence-electron chi connectivity index (χ0n) is 17.6. The average Bonchev–Trinajstić information content (AvgIpc) is 3.00. The topological polar surface area (TPSA) is 76.6 Å². The van der Waals surface area contributed by atoms with E-state index in [9.17, 15) is 14.4 Å². The smallest absolute Gasteiger partial charge is 0.329 e. The number of esters is 1. The Morgan fingerprint density at radius 2 is 1.81 bits per heavy atom. The van der Waals surface area contributed by atoms with Crippen LogP contribution in [0.2, 0.25) is 5.15 Å². The Morgan fingerprint density at radius 3 is 2.45 bits per heavy atom. The predicted molar refractivity (Wildman–Crippen MR) is 117 cm³/mol. The highest BCUT2D eigenvalue weighted by molar-refractivity contribution is 6.30. The molecule has 2 aromatic rings. The van der Waals surface area contributed by atoms with Gasteiger partial charge in [-0.05, 0) is 37.3 Å². The fraction of sp³-hybridized carbons (Fsp3) is 0.417. The summed E-state index contributed by atoms with van der Waals surface area (Å²) in [6.07, 6.45) is 5.29. The van der Waals surface area contributed by atoms with E-state index in [4.69, 9.17) is 16.3 Å². The quantitative estimate of drug-likeness (QED) is 0.290. The first-order valence-corrected chi connectivity index (χ1v) is 11.0. The van der Waals surface area contributed by atoms with Crippen molar-refractivity contribution in [3.63, 3.8) is 0 Å². The molecule has 3 atom stereocenters. The van der Waals surface area contributed by atoms with Gasteiger partial charge in [0.05, 0.1) is 17.4 Å². The second kappa shape index (κ2) is 8.79. The molecule has 1 fully saturated rings. The average molecular weight is 441 g/mol. The molecule has 162 valence electrons. The third-order valence-electron chi connectivity index (χ3n) is 5.94. The number of para-hydroxylation sites is 1. The fourth-order valence-corrected chi connectivity index (χ4v) is 4.57. The van der Waals surface area contributed by atoms with E-state index in [1.165, 1.54) is 0 Å². The lowest BCUT2D eigenvalue weighted by molar-refractivity contribution is -0.160. The summed E-state index contributed by atoms with van der Waals surface area (Å²) in [7, 11) is 0. The van der Waals surface area contributed by atoms with Gasteiger partial charge in [0.2, 0.25) is 11.8 Å². The SMILES string of the molecule is CC(C)CC(C(=O)OCc1cc2ccccc2nc1Cl)N1C(=O)C2CC=CCC2C1=O. The van der Waals surface area contributed by atoms with E-state index in [1.807, 2.05) is 56.3 Å². The van der Waals surface area contributed by atoms with Crippen molar-refractivity contribution < 1.29 is 19.1 Å². The molecule has 0 bridgehead atoms. The summed E-state index contributed by atoms with van der Waals surface area (Å²) in [5.41, 5.74) is 1.33. The highest BCUT2D eigenvalue weighted by Crippen LogP contribution is 2.37. The first kappa shape index (κ1) is 21.5. The van der Waals surface area contributed by atoms with Crippen LogP contribution in [0, 0.1) is 17.8 Å². The van der Waals surface area contributed by atoms with Gasteiger partial charge in [0.1, 0.15) is 17.8 Å². The number of nitrogens with zero attached hydrogens (tertiary/aromatic N) is 2. The fourth-order valence-electron chi connectivity index (χ4n) is 4.37. The number of rotatable bonds is 6. The zero-order chi connectivity index (χ0) is 22.1. The molecule has 0 spiro atoms. The van der Waals surface area contributed by atoms with Crippen molar-refractivity contribution in [1.29, 1.82) is 0 Å². The van der Waals surface area contributed by atoms with Crippen molar-refractivity contribution >= 4 is 40.3 Å². The van der Waals surface area contributed by atoms with Gasteiger partial charge in [0.25, 0.3) is 0 Å². The Kier molecular flexibility index (Phi) is 6.10. The molecule has 1 aromatic heterocycles. The number of hydrogen-bond donors (Lipinski definition) is 0. The minimum absolute atomic E-state index is 0.0747. The number of carbonyl (C=O) groups is 3. The number of hydrogen-bond acceptors (Lipinski definition) is 5. The minimum Gasteiger partial charge on any atom is -0.459 e. The van der Waals surface area contributed by atoms with Gasteiger partial charge >= 0.3 is 5.97 Å². The van der Waals surface area contributed by atoms with E-state index in [0.717, 1.165) is 15.8 Å². The minimum atomic E-state index is -0.933. The van der Waals surface area contributed by atoms with Crippen LogP contribution >= 0.6 is 11.6 Å². The van der Waals surface area contributed by atoms with Gasteiger partial charge in [0.15, 0.2) is 0 Å². The predicted octanol–water partition coefficient (Wildman–Crippen LogP) is 4.30. The first-order valence-electron chi connectivity index (χ1n) is 10.6. The van der Waals surface area contributed by atoms with Crippen molar-refractivity contribution in [1.82, 2.24) is 9.88 Å². The summed E-state index contributed by atoms with van der Waals surface area (Å²) in [6.45, 7) is 3.82. The van der Waals surface area contributed by atoms with Crippen molar-refractivity contribution in [2.45, 2.75) is 45.8 Å². The summed E-state index contributed by atoms with van der Waals surface area (Å²) in [6, 6.07) is 8.43. The molecule has 0 radical (unpaired) electrons. The van der Waals surface area contributed by atoms with Crippen LogP contribution in [0.5, 0.6) is 0 Å². The number of carbonyl (C=O) groups excluding carboxylic acids is 3. The lowest BCUT2D eigenvalue weighted by Crippen LogP contribution is -2.47. The second-order valence-electron chi connectivity index (χ2n) is 8.59. The van der Waals surface area contributed by atoms with Crippen molar-refractivity contribution in [3.8, 4) is 0 Å². The van der Waals surface area contributed by atoms with Crippen LogP contribution in [0.15, 0.2) is 42.5 Å². The van der Waals surface area contributed by atoms with E-state index >= 15 is 0 Å². The number of benzene rings is 1. The number of fused-ring (bicyclic) bond motifs is 2. The van der Waals surface area contributed by atoms with Crippen LogP contribution < -0.4 is 0 Å². The molecule has 0 N–H and O–H groups in total. The molecule has 1 aliphatic carbocycles. The second-order valence-corrected chi connectivity index (χ2v) is 8.94. The van der Waals surface area contributed by atoms with E-state index in [2.05, 4.69) is 4.98 Å². The number of likely N-dealkylation sites (tertiary alicyclic amines) is 1. The molecule has 2 heterocycles. The Balaban J connectivity index is 1.53. The number of ether oxygens (including phenoxy) is 1. The maximum Gasteiger partial charge on any atom is 0.329 e. The Hall–Kier alpha value is -2.73. The molecule has 3 unspecified atom stereocenters. The summed E-state index contributed by atoms with van der Waals surface area (Å²) in [5.74, 6) is -1.78. The Labute approximate surface area is 186 Å². The first-order chi connectivity index (χ1) is 14.9. The van der Waals surface area contributed by atoms with Crippen molar-refractivity contribution in [2.75, 3.05) is 0 Å². The number of aromatic nitrogens is 1. The summed E-state index contributed by atoms with van der Waals surface area (Å²) < 4.78 is 5.56. The number of allylic oxidation sites excluding steroid dienone is 2. The monoisotopic (exact) mass is 440 g/mol. The van der Waals surface area contributed by atoms with Crippen LogP contribution in [0.1, 0.15) is 38.7 Å². The highest BCUT2D eigenvalue weighted by atomic mass is 35.5. The molecule has 0 saturated carbocycles. The Morgan fingerprint density at radius 1 is 1.16 bits per heavy atom. The third kappa shape index (κ3) is 4.22. The molecule has 7 heteroatoms. The summed E-state index contributed by atoms with van der Waals surface area (Å²) in [5, 5.41) is 1.15. The zero-order valence-corrected chi connectivity index (χ0v) is 18.3. The maximum absolute atomic E-state index is 13.1. The number of halogens is 1. The molecule has 1 aliphatic heterocycles. The van der Waals surface area contributed by atoms with Crippen LogP contribution in [-0.2, 0) is 25.7 Å². The normalized spacial score (nSPS) is 21.6. The van der Waals surface area contributed by atoms with E-state index in [0.29, 0.717) is 24.8 Å². The Bertz CT molecular complexity index is 1040. The molecule has 1 aromatic carbocycles.